The van der Waals surface area contributed by atoms with Gasteiger partial charge in [0.15, 0.2) is 0 Å². The van der Waals surface area contributed by atoms with E-state index in [1.807, 2.05) is 0 Å². The number of nitro groups is 1. The van der Waals surface area contributed by atoms with Gasteiger partial charge in [0.2, 0.25) is 5.91 Å². The summed E-state index contributed by atoms with van der Waals surface area (Å²) in [5, 5.41) is 17.8. The second-order valence-corrected chi connectivity index (χ2v) is 6.59. The van der Waals surface area contributed by atoms with E-state index in [0.29, 0.717) is 28.3 Å². The van der Waals surface area contributed by atoms with Crippen LogP contribution in [0.5, 0.6) is 11.5 Å². The quantitative estimate of drug-likeness (QED) is 0.456. The highest BCUT2D eigenvalue weighted by Gasteiger charge is 2.14. The van der Waals surface area contributed by atoms with Crippen LogP contribution < -0.4 is 20.3 Å². The standard InChI is InChI=1S/C21H20N4O6/c1-13-4-5-14(25(28)29)10-18(13)22-20(26)12-24-21(27)9-7-17(23-24)16-11-15(30-2)6-8-19(16)31-3/h4-11H,12H2,1-3H3,(H,22,26). The van der Waals surface area contributed by atoms with Gasteiger partial charge in [-0.15, -0.1) is 0 Å². The summed E-state index contributed by atoms with van der Waals surface area (Å²) in [6.45, 7) is 1.33. The third-order valence-electron chi connectivity index (χ3n) is 4.55. The lowest BCUT2D eigenvalue weighted by atomic mass is 10.1. The highest BCUT2D eigenvalue weighted by atomic mass is 16.6. The van der Waals surface area contributed by atoms with Crippen LogP contribution in [0.15, 0.2) is 53.3 Å². The van der Waals surface area contributed by atoms with Crippen LogP contribution in [0.4, 0.5) is 11.4 Å². The molecule has 0 bridgehead atoms. The molecule has 10 nitrogen and oxygen atoms in total. The van der Waals surface area contributed by atoms with Gasteiger partial charge in [0, 0.05) is 23.8 Å². The Morgan fingerprint density at radius 3 is 2.58 bits per heavy atom. The molecular formula is C21H20N4O6. The maximum absolute atomic E-state index is 12.5. The number of rotatable bonds is 7. The predicted molar refractivity (Wildman–Crippen MR) is 114 cm³/mol. The second-order valence-electron chi connectivity index (χ2n) is 6.59. The van der Waals surface area contributed by atoms with E-state index in [-0.39, 0.29) is 17.9 Å². The minimum Gasteiger partial charge on any atom is -0.497 e. The van der Waals surface area contributed by atoms with E-state index in [2.05, 4.69) is 10.4 Å². The van der Waals surface area contributed by atoms with Crippen molar-refractivity contribution in [3.05, 3.63) is 74.6 Å². The number of aryl methyl sites for hydroxylation is 1. The number of hydrogen-bond donors (Lipinski definition) is 1. The summed E-state index contributed by atoms with van der Waals surface area (Å²) in [7, 11) is 3.04. The molecule has 2 aromatic carbocycles. The van der Waals surface area contributed by atoms with E-state index in [1.54, 1.807) is 25.1 Å². The summed E-state index contributed by atoms with van der Waals surface area (Å²) >= 11 is 0. The van der Waals surface area contributed by atoms with Gasteiger partial charge in [0.25, 0.3) is 11.2 Å². The third kappa shape index (κ3) is 4.86. The van der Waals surface area contributed by atoms with Crippen molar-refractivity contribution in [2.75, 3.05) is 19.5 Å². The normalized spacial score (nSPS) is 10.4. The van der Waals surface area contributed by atoms with Crippen molar-refractivity contribution >= 4 is 17.3 Å². The smallest absolute Gasteiger partial charge is 0.271 e. The van der Waals surface area contributed by atoms with Gasteiger partial charge in [-0.1, -0.05) is 6.07 Å². The molecule has 31 heavy (non-hydrogen) atoms. The second kappa shape index (κ2) is 9.08. The Labute approximate surface area is 177 Å². The van der Waals surface area contributed by atoms with Gasteiger partial charge in [0.05, 0.1) is 30.5 Å². The summed E-state index contributed by atoms with van der Waals surface area (Å²) in [6.07, 6.45) is 0. The zero-order valence-corrected chi connectivity index (χ0v) is 17.1. The molecule has 160 valence electrons. The number of aromatic nitrogens is 2. The number of nitrogens with zero attached hydrogens (tertiary/aromatic N) is 3. The first-order valence-electron chi connectivity index (χ1n) is 9.18. The molecule has 0 fully saturated rings. The van der Waals surface area contributed by atoms with Crippen LogP contribution in [0, 0.1) is 17.0 Å². The minimum atomic E-state index is -0.549. The lowest BCUT2D eigenvalue weighted by Crippen LogP contribution is -2.29. The molecule has 1 aromatic heterocycles. The number of amides is 1. The number of anilines is 1. The average Bonchev–Trinajstić information content (AvgIpc) is 2.76. The Hall–Kier alpha value is -4.21. The number of ether oxygens (including phenoxy) is 2. The highest BCUT2D eigenvalue weighted by molar-refractivity contribution is 5.91. The minimum absolute atomic E-state index is 0.150. The zero-order chi connectivity index (χ0) is 22.5. The predicted octanol–water partition coefficient (Wildman–Crippen LogP) is 2.78. The van der Waals surface area contributed by atoms with Crippen LogP contribution in [0.1, 0.15) is 5.56 Å². The van der Waals surface area contributed by atoms with Crippen LogP contribution in [-0.4, -0.2) is 34.8 Å². The lowest BCUT2D eigenvalue weighted by molar-refractivity contribution is -0.384. The molecule has 0 saturated heterocycles. The largest absolute Gasteiger partial charge is 0.497 e. The number of methoxy groups -OCH3 is 2. The van der Waals surface area contributed by atoms with E-state index < -0.39 is 16.4 Å². The summed E-state index contributed by atoms with van der Waals surface area (Å²) in [4.78, 5) is 35.2. The Kier molecular flexibility index (Phi) is 6.29. The van der Waals surface area contributed by atoms with Crippen molar-refractivity contribution in [3.8, 4) is 22.8 Å². The lowest BCUT2D eigenvalue weighted by Gasteiger charge is -2.12. The molecule has 1 amide bonds. The molecule has 3 rings (SSSR count). The summed E-state index contributed by atoms with van der Waals surface area (Å²) in [5.74, 6) is 0.553. The third-order valence-corrected chi connectivity index (χ3v) is 4.55. The first kappa shape index (κ1) is 21.5. The van der Waals surface area contributed by atoms with Crippen molar-refractivity contribution in [1.82, 2.24) is 9.78 Å². The average molecular weight is 424 g/mol. The molecule has 0 aliphatic heterocycles. The molecule has 10 heteroatoms. The van der Waals surface area contributed by atoms with Crippen molar-refractivity contribution in [1.29, 1.82) is 0 Å². The van der Waals surface area contributed by atoms with Gasteiger partial charge in [-0.05, 0) is 36.8 Å². The van der Waals surface area contributed by atoms with Crippen LogP contribution in [0.25, 0.3) is 11.3 Å². The Morgan fingerprint density at radius 1 is 1.13 bits per heavy atom. The molecule has 1 heterocycles. The number of carbonyl (C=O) groups excluding carboxylic acids is 1. The van der Waals surface area contributed by atoms with E-state index in [4.69, 9.17) is 9.47 Å². The summed E-state index contributed by atoms with van der Waals surface area (Å²) < 4.78 is 11.6. The summed E-state index contributed by atoms with van der Waals surface area (Å²) in [6, 6.07) is 12.1. The maximum atomic E-state index is 12.5. The van der Waals surface area contributed by atoms with E-state index >= 15 is 0 Å². The molecular weight excluding hydrogens is 404 g/mol. The van der Waals surface area contributed by atoms with Crippen molar-refractivity contribution in [2.45, 2.75) is 13.5 Å². The SMILES string of the molecule is COc1ccc(OC)c(-c2ccc(=O)n(CC(=O)Nc3cc([N+](=O)[O-])ccc3C)n2)c1. The van der Waals surface area contributed by atoms with Gasteiger partial charge in [-0.25, -0.2) is 4.68 Å². The zero-order valence-electron chi connectivity index (χ0n) is 17.1. The fourth-order valence-electron chi connectivity index (χ4n) is 2.90. The molecule has 0 saturated carbocycles. The number of non-ortho nitro benzene ring substituents is 1. The van der Waals surface area contributed by atoms with Gasteiger partial charge >= 0.3 is 0 Å². The molecule has 0 aliphatic rings. The number of hydrogen-bond acceptors (Lipinski definition) is 7. The molecule has 0 unspecified atom stereocenters. The van der Waals surface area contributed by atoms with Gasteiger partial charge < -0.3 is 14.8 Å². The summed E-state index contributed by atoms with van der Waals surface area (Å²) in [5.41, 5.74) is 1.31. The first-order valence-corrected chi connectivity index (χ1v) is 9.18. The number of nitro benzene ring substituents is 1. The van der Waals surface area contributed by atoms with E-state index in [9.17, 15) is 19.7 Å². The Bertz CT molecular complexity index is 1200. The van der Waals surface area contributed by atoms with Crippen LogP contribution in [0.2, 0.25) is 0 Å². The first-order chi connectivity index (χ1) is 14.8. The van der Waals surface area contributed by atoms with Crippen molar-refractivity contribution in [2.24, 2.45) is 0 Å². The van der Waals surface area contributed by atoms with Crippen LogP contribution in [0.3, 0.4) is 0 Å². The van der Waals surface area contributed by atoms with E-state index in [0.717, 1.165) is 4.68 Å². The Morgan fingerprint density at radius 2 is 1.90 bits per heavy atom. The van der Waals surface area contributed by atoms with Gasteiger partial charge in [-0.3, -0.25) is 19.7 Å². The van der Waals surface area contributed by atoms with Crippen LogP contribution >= 0.6 is 0 Å². The molecule has 0 aliphatic carbocycles. The molecule has 0 radical (unpaired) electrons. The van der Waals surface area contributed by atoms with Gasteiger partial charge in [-0.2, -0.15) is 5.10 Å². The number of benzene rings is 2. The molecule has 3 aromatic rings. The molecule has 1 N–H and O–H groups in total. The molecule has 0 atom stereocenters. The topological polar surface area (TPSA) is 126 Å². The van der Waals surface area contributed by atoms with Gasteiger partial charge in [0.1, 0.15) is 18.0 Å². The fourth-order valence-corrected chi connectivity index (χ4v) is 2.90. The molecule has 0 spiro atoms. The Balaban J connectivity index is 1.88. The fraction of sp³-hybridized carbons (Fsp3) is 0.190. The van der Waals surface area contributed by atoms with Crippen molar-refractivity contribution in [3.63, 3.8) is 0 Å². The highest BCUT2D eigenvalue weighted by Crippen LogP contribution is 2.31. The number of nitrogens with one attached hydrogen (secondary N) is 1. The van der Waals surface area contributed by atoms with E-state index in [1.165, 1.54) is 44.6 Å². The number of carbonyl (C=O) groups is 1. The van der Waals surface area contributed by atoms with Crippen molar-refractivity contribution < 1.29 is 19.2 Å². The van der Waals surface area contributed by atoms with Crippen LogP contribution in [-0.2, 0) is 11.3 Å². The monoisotopic (exact) mass is 424 g/mol. The maximum Gasteiger partial charge on any atom is 0.271 e.